The normalized spacial score (nSPS) is 13.7. The van der Waals surface area contributed by atoms with Crippen LogP contribution in [0.3, 0.4) is 0 Å². The topological polar surface area (TPSA) is 26.3 Å². The first-order valence-corrected chi connectivity index (χ1v) is 3.75. The molecule has 0 spiro atoms. The second kappa shape index (κ2) is 4.45. The summed E-state index contributed by atoms with van der Waals surface area (Å²) < 4.78 is 5.12. The molecule has 0 aliphatic heterocycles. The van der Waals surface area contributed by atoms with Gasteiger partial charge in [0.2, 0.25) is 0 Å². The Morgan fingerprint density at radius 2 is 1.90 bits per heavy atom. The van der Waals surface area contributed by atoms with Crippen LogP contribution in [0.15, 0.2) is 0 Å². The van der Waals surface area contributed by atoms with Gasteiger partial charge in [0.05, 0.1) is 0 Å². The minimum Gasteiger partial charge on any atom is -0.371 e. The molecule has 0 aromatic carbocycles. The van der Waals surface area contributed by atoms with Crippen molar-refractivity contribution in [1.29, 1.82) is 0 Å². The van der Waals surface area contributed by atoms with Crippen LogP contribution in [-0.4, -0.2) is 18.5 Å². The van der Waals surface area contributed by atoms with Crippen molar-refractivity contribution in [2.45, 2.75) is 33.8 Å². The van der Waals surface area contributed by atoms with Gasteiger partial charge in [-0.05, 0) is 13.8 Å². The van der Waals surface area contributed by atoms with Crippen molar-refractivity contribution >= 4 is 5.78 Å². The van der Waals surface area contributed by atoms with Crippen LogP contribution in [0.2, 0.25) is 0 Å². The number of hydrogen-bond acceptors (Lipinski definition) is 2. The van der Waals surface area contributed by atoms with Crippen LogP contribution in [0.4, 0.5) is 0 Å². The lowest BCUT2D eigenvalue weighted by molar-refractivity contribution is -0.132. The van der Waals surface area contributed by atoms with Crippen LogP contribution in [0.25, 0.3) is 0 Å². The molecule has 0 amide bonds. The van der Waals surface area contributed by atoms with Crippen LogP contribution < -0.4 is 0 Å². The molecular weight excluding hydrogens is 128 g/mol. The van der Waals surface area contributed by atoms with Crippen molar-refractivity contribution in [3.8, 4) is 0 Å². The Morgan fingerprint density at radius 3 is 2.20 bits per heavy atom. The van der Waals surface area contributed by atoms with E-state index in [-0.39, 0.29) is 17.8 Å². The summed E-state index contributed by atoms with van der Waals surface area (Å²) in [5, 5.41) is 0. The largest absolute Gasteiger partial charge is 0.371 e. The number of Topliss-reactive ketones (excluding diaryl/α,β-unsaturated/α-hetero) is 1. The summed E-state index contributed by atoms with van der Waals surface area (Å²) >= 11 is 0. The minimum atomic E-state index is -0.231. The molecule has 0 heterocycles. The molecule has 0 aromatic rings. The number of hydrogen-bond donors (Lipinski definition) is 0. The van der Waals surface area contributed by atoms with E-state index < -0.39 is 0 Å². The van der Waals surface area contributed by atoms with Crippen molar-refractivity contribution in [2.24, 2.45) is 5.92 Å². The van der Waals surface area contributed by atoms with E-state index in [2.05, 4.69) is 0 Å². The van der Waals surface area contributed by atoms with Crippen LogP contribution in [0, 0.1) is 5.92 Å². The van der Waals surface area contributed by atoms with Gasteiger partial charge in [0, 0.05) is 12.5 Å². The predicted molar refractivity (Wildman–Crippen MR) is 40.9 cm³/mol. The van der Waals surface area contributed by atoms with E-state index in [0.29, 0.717) is 6.61 Å². The Hall–Kier alpha value is -0.370. The van der Waals surface area contributed by atoms with E-state index in [1.807, 2.05) is 20.8 Å². The van der Waals surface area contributed by atoms with Gasteiger partial charge in [-0.3, -0.25) is 4.79 Å². The molecule has 0 radical (unpaired) electrons. The maximum Gasteiger partial charge on any atom is 0.163 e. The van der Waals surface area contributed by atoms with Crippen molar-refractivity contribution in [3.05, 3.63) is 0 Å². The molecule has 0 aliphatic rings. The number of rotatable bonds is 4. The number of ketones is 1. The maximum atomic E-state index is 11.1. The molecule has 0 aliphatic carbocycles. The highest BCUT2D eigenvalue weighted by Gasteiger charge is 2.15. The fourth-order valence-electron chi connectivity index (χ4n) is 0.802. The zero-order chi connectivity index (χ0) is 8.15. The fourth-order valence-corrected chi connectivity index (χ4v) is 0.802. The molecule has 1 atom stereocenters. The summed E-state index contributed by atoms with van der Waals surface area (Å²) in [6.45, 7) is 8.07. The monoisotopic (exact) mass is 144 g/mol. The lowest BCUT2D eigenvalue weighted by atomic mass is 10.1. The highest BCUT2D eigenvalue weighted by Crippen LogP contribution is 2.02. The molecule has 0 rings (SSSR count). The number of ether oxygens (including phenoxy) is 1. The first-order valence-electron chi connectivity index (χ1n) is 3.75. The predicted octanol–water partition coefficient (Wildman–Crippen LogP) is 1.64. The Bertz CT molecular complexity index is 108. The van der Waals surface area contributed by atoms with E-state index in [1.165, 1.54) is 0 Å². The zero-order valence-corrected chi connectivity index (χ0v) is 7.18. The smallest absolute Gasteiger partial charge is 0.163 e. The van der Waals surface area contributed by atoms with Crippen LogP contribution in [-0.2, 0) is 9.53 Å². The second-order valence-corrected chi connectivity index (χ2v) is 2.65. The average molecular weight is 144 g/mol. The summed E-state index contributed by atoms with van der Waals surface area (Å²) in [6, 6.07) is 0. The first kappa shape index (κ1) is 9.63. The molecule has 2 heteroatoms. The third kappa shape index (κ3) is 2.97. The molecule has 10 heavy (non-hydrogen) atoms. The molecule has 1 unspecified atom stereocenters. The van der Waals surface area contributed by atoms with Crippen molar-refractivity contribution in [3.63, 3.8) is 0 Å². The fraction of sp³-hybridized carbons (Fsp3) is 0.875. The molecule has 0 N–H and O–H groups in total. The molecular formula is C8H16O2. The summed E-state index contributed by atoms with van der Waals surface area (Å²) in [7, 11) is 0. The molecule has 0 fully saturated rings. The van der Waals surface area contributed by atoms with E-state index in [4.69, 9.17) is 4.74 Å². The van der Waals surface area contributed by atoms with Crippen molar-refractivity contribution in [2.75, 3.05) is 6.61 Å². The van der Waals surface area contributed by atoms with Crippen molar-refractivity contribution in [1.82, 2.24) is 0 Å². The van der Waals surface area contributed by atoms with Gasteiger partial charge in [0.15, 0.2) is 5.78 Å². The Morgan fingerprint density at radius 1 is 1.40 bits per heavy atom. The molecule has 0 saturated carbocycles. The summed E-state index contributed by atoms with van der Waals surface area (Å²) in [6.07, 6.45) is -0.231. The molecule has 0 aromatic heterocycles. The van der Waals surface area contributed by atoms with Gasteiger partial charge in [-0.15, -0.1) is 0 Å². The number of carbonyl (C=O) groups excluding carboxylic acids is 1. The second-order valence-electron chi connectivity index (χ2n) is 2.65. The van der Waals surface area contributed by atoms with Crippen LogP contribution >= 0.6 is 0 Å². The maximum absolute atomic E-state index is 11.1. The zero-order valence-electron chi connectivity index (χ0n) is 7.18. The summed E-state index contributed by atoms with van der Waals surface area (Å²) in [5.74, 6) is 0.267. The van der Waals surface area contributed by atoms with Crippen molar-refractivity contribution < 1.29 is 9.53 Å². The summed E-state index contributed by atoms with van der Waals surface area (Å²) in [5.41, 5.74) is 0. The van der Waals surface area contributed by atoms with Gasteiger partial charge in [-0.2, -0.15) is 0 Å². The molecule has 60 valence electrons. The molecule has 0 bridgehead atoms. The third-order valence-corrected chi connectivity index (χ3v) is 1.39. The summed E-state index contributed by atoms with van der Waals surface area (Å²) in [4.78, 5) is 11.1. The number of carbonyl (C=O) groups is 1. The molecule has 2 nitrogen and oxygen atoms in total. The quantitative estimate of drug-likeness (QED) is 0.599. The Balaban J connectivity index is 3.71. The van der Waals surface area contributed by atoms with E-state index in [0.717, 1.165) is 0 Å². The highest BCUT2D eigenvalue weighted by atomic mass is 16.5. The van der Waals surface area contributed by atoms with Gasteiger partial charge in [0.1, 0.15) is 6.10 Å². The average Bonchev–Trinajstić information content (AvgIpc) is 1.87. The third-order valence-electron chi connectivity index (χ3n) is 1.39. The van der Waals surface area contributed by atoms with Crippen LogP contribution in [0.5, 0.6) is 0 Å². The lowest BCUT2D eigenvalue weighted by Gasteiger charge is -2.11. The van der Waals surface area contributed by atoms with Gasteiger partial charge in [-0.25, -0.2) is 0 Å². The first-order chi connectivity index (χ1) is 4.59. The standard InChI is InChI=1S/C8H16O2/c1-5-10-7(4)8(9)6(2)3/h6-7H,5H2,1-4H3. The molecule has 0 saturated heterocycles. The van der Waals surface area contributed by atoms with Crippen LogP contribution in [0.1, 0.15) is 27.7 Å². The van der Waals surface area contributed by atoms with E-state index in [1.54, 1.807) is 6.92 Å². The van der Waals surface area contributed by atoms with Gasteiger partial charge in [-0.1, -0.05) is 13.8 Å². The lowest BCUT2D eigenvalue weighted by Crippen LogP contribution is -2.24. The Kier molecular flexibility index (Phi) is 4.28. The van der Waals surface area contributed by atoms with Gasteiger partial charge >= 0.3 is 0 Å². The SMILES string of the molecule is CCOC(C)C(=O)C(C)C. The van der Waals surface area contributed by atoms with Gasteiger partial charge < -0.3 is 4.74 Å². The minimum absolute atomic E-state index is 0.0848. The Labute approximate surface area is 62.6 Å². The van der Waals surface area contributed by atoms with Gasteiger partial charge in [0.25, 0.3) is 0 Å². The van der Waals surface area contributed by atoms with E-state index in [9.17, 15) is 4.79 Å². The van der Waals surface area contributed by atoms with E-state index >= 15 is 0 Å². The highest BCUT2D eigenvalue weighted by molar-refractivity contribution is 5.84.